The predicted octanol–water partition coefficient (Wildman–Crippen LogP) is 1.52. The van der Waals surface area contributed by atoms with Gasteiger partial charge >= 0.3 is 0 Å². The van der Waals surface area contributed by atoms with Crippen molar-refractivity contribution in [2.24, 2.45) is 0 Å². The number of carbonyl (C=O) groups excluding carboxylic acids is 1. The van der Waals surface area contributed by atoms with E-state index < -0.39 is 6.10 Å². The highest BCUT2D eigenvalue weighted by Gasteiger charge is 2.07. The number of rotatable bonds is 9. The van der Waals surface area contributed by atoms with Crippen molar-refractivity contribution in [1.29, 1.82) is 0 Å². The molecule has 1 amide bonds. The minimum absolute atomic E-state index is 0.00725. The van der Waals surface area contributed by atoms with E-state index in [1.165, 1.54) is 0 Å². The summed E-state index contributed by atoms with van der Waals surface area (Å²) in [4.78, 5) is 13.7. The highest BCUT2D eigenvalue weighted by atomic mass is 16.5. The second-order valence-electron chi connectivity index (χ2n) is 5.32. The lowest BCUT2D eigenvalue weighted by molar-refractivity contribution is -0.116. The molecule has 1 rings (SSSR count). The van der Waals surface area contributed by atoms with Crippen LogP contribution < -0.4 is 5.32 Å². The Morgan fingerprint density at radius 1 is 1.33 bits per heavy atom. The van der Waals surface area contributed by atoms with Crippen molar-refractivity contribution in [3.63, 3.8) is 0 Å². The summed E-state index contributed by atoms with van der Waals surface area (Å²) in [6, 6.07) is 7.54. The number of amides is 1. The first-order valence-electron chi connectivity index (χ1n) is 7.30. The van der Waals surface area contributed by atoms with E-state index in [1.807, 2.05) is 50.2 Å². The number of hydrogen-bond donors (Lipinski definition) is 2. The Morgan fingerprint density at radius 3 is 2.57 bits per heavy atom. The predicted molar refractivity (Wildman–Crippen MR) is 84.4 cm³/mol. The summed E-state index contributed by atoms with van der Waals surface area (Å²) in [5.74, 6) is 0.00725. The van der Waals surface area contributed by atoms with Crippen LogP contribution in [-0.4, -0.2) is 55.9 Å². The third-order valence-corrected chi connectivity index (χ3v) is 3.01. The lowest BCUT2D eigenvalue weighted by atomic mass is 10.1. The molecular weight excluding hydrogens is 268 g/mol. The van der Waals surface area contributed by atoms with Gasteiger partial charge in [-0.05, 0) is 38.7 Å². The third kappa shape index (κ3) is 7.80. The van der Waals surface area contributed by atoms with Crippen LogP contribution in [0, 0.1) is 0 Å². The van der Waals surface area contributed by atoms with E-state index in [4.69, 9.17) is 4.74 Å². The zero-order valence-corrected chi connectivity index (χ0v) is 13.1. The van der Waals surface area contributed by atoms with Crippen LogP contribution in [0.2, 0.25) is 0 Å². The van der Waals surface area contributed by atoms with Gasteiger partial charge in [-0.1, -0.05) is 12.1 Å². The minimum atomic E-state index is -0.495. The molecule has 0 saturated heterocycles. The summed E-state index contributed by atoms with van der Waals surface area (Å²) in [6.45, 7) is 3.59. The fourth-order valence-electron chi connectivity index (χ4n) is 1.86. The molecule has 0 spiro atoms. The largest absolute Gasteiger partial charge is 0.390 e. The van der Waals surface area contributed by atoms with Crippen LogP contribution >= 0.6 is 0 Å². The maximum absolute atomic E-state index is 11.7. The lowest BCUT2D eigenvalue weighted by Crippen LogP contribution is -2.21. The van der Waals surface area contributed by atoms with Crippen LogP contribution in [0.4, 0.5) is 5.69 Å². The Kier molecular flexibility index (Phi) is 7.97. The fourth-order valence-corrected chi connectivity index (χ4v) is 1.86. The first-order chi connectivity index (χ1) is 10.0. The van der Waals surface area contributed by atoms with Crippen LogP contribution in [0.5, 0.6) is 0 Å². The Labute approximate surface area is 126 Å². The Bertz CT molecular complexity index is 418. The molecule has 118 valence electrons. The van der Waals surface area contributed by atoms with Crippen molar-refractivity contribution < 1.29 is 14.6 Å². The molecule has 0 aromatic heterocycles. The van der Waals surface area contributed by atoms with Crippen molar-refractivity contribution >= 4 is 11.6 Å². The van der Waals surface area contributed by atoms with E-state index in [9.17, 15) is 9.90 Å². The Morgan fingerprint density at radius 2 is 2.00 bits per heavy atom. The Hall–Kier alpha value is -1.43. The first kappa shape index (κ1) is 17.6. The second-order valence-corrected chi connectivity index (χ2v) is 5.32. The van der Waals surface area contributed by atoms with Crippen LogP contribution in [0.3, 0.4) is 0 Å². The van der Waals surface area contributed by atoms with Gasteiger partial charge in [-0.15, -0.1) is 0 Å². The van der Waals surface area contributed by atoms with Gasteiger partial charge in [0.25, 0.3) is 0 Å². The number of nitrogens with one attached hydrogen (secondary N) is 1. The smallest absolute Gasteiger partial charge is 0.225 e. The van der Waals surface area contributed by atoms with E-state index >= 15 is 0 Å². The van der Waals surface area contributed by atoms with Gasteiger partial charge in [0.15, 0.2) is 0 Å². The number of aliphatic hydroxyl groups excluding tert-OH is 1. The zero-order chi connectivity index (χ0) is 15.7. The minimum Gasteiger partial charge on any atom is -0.390 e. The van der Waals surface area contributed by atoms with E-state index in [2.05, 4.69) is 5.32 Å². The summed E-state index contributed by atoms with van der Waals surface area (Å²) in [5.41, 5.74) is 1.80. The van der Waals surface area contributed by atoms with Crippen LogP contribution in [-0.2, 0) is 16.0 Å². The third-order valence-electron chi connectivity index (χ3n) is 3.01. The molecule has 5 nitrogen and oxygen atoms in total. The molecule has 0 saturated carbocycles. The Balaban J connectivity index is 2.41. The summed E-state index contributed by atoms with van der Waals surface area (Å²) in [7, 11) is 3.88. The highest BCUT2D eigenvalue weighted by Crippen LogP contribution is 2.12. The number of benzene rings is 1. The molecular formula is C16H26N2O3. The molecule has 1 aromatic carbocycles. The number of carbonyl (C=O) groups is 1. The molecule has 1 atom stereocenters. The van der Waals surface area contributed by atoms with E-state index in [0.29, 0.717) is 26.1 Å². The van der Waals surface area contributed by atoms with Gasteiger partial charge < -0.3 is 20.1 Å². The van der Waals surface area contributed by atoms with Gasteiger partial charge in [-0.25, -0.2) is 0 Å². The second kappa shape index (κ2) is 9.50. The van der Waals surface area contributed by atoms with E-state index in [-0.39, 0.29) is 5.91 Å². The van der Waals surface area contributed by atoms with Crippen LogP contribution in [0.25, 0.3) is 0 Å². The summed E-state index contributed by atoms with van der Waals surface area (Å²) in [5, 5.41) is 12.6. The standard InChI is InChI=1S/C16H26N2O3/c1-4-21-12-15(19)11-13-5-7-14(8-6-13)17-16(20)9-10-18(2)3/h5-8,15,19H,4,9-12H2,1-3H3,(H,17,20)/t15-/m0/s1. The monoisotopic (exact) mass is 294 g/mol. The summed E-state index contributed by atoms with van der Waals surface area (Å²) in [6.07, 6.45) is 0.530. The molecule has 1 aromatic rings. The average molecular weight is 294 g/mol. The molecule has 0 aliphatic rings. The molecule has 0 aliphatic carbocycles. The van der Waals surface area contributed by atoms with Crippen molar-refractivity contribution in [2.45, 2.75) is 25.9 Å². The van der Waals surface area contributed by atoms with E-state index in [1.54, 1.807) is 0 Å². The molecule has 0 unspecified atom stereocenters. The van der Waals surface area contributed by atoms with Crippen LogP contribution in [0.1, 0.15) is 18.9 Å². The van der Waals surface area contributed by atoms with Gasteiger partial charge in [-0.3, -0.25) is 4.79 Å². The summed E-state index contributed by atoms with van der Waals surface area (Å²) < 4.78 is 5.18. The maximum atomic E-state index is 11.7. The highest BCUT2D eigenvalue weighted by molar-refractivity contribution is 5.90. The van der Waals surface area contributed by atoms with Gasteiger partial charge in [0.05, 0.1) is 12.7 Å². The molecule has 0 radical (unpaired) electrons. The average Bonchev–Trinajstić information content (AvgIpc) is 2.45. The summed E-state index contributed by atoms with van der Waals surface area (Å²) >= 11 is 0. The van der Waals surface area contributed by atoms with Crippen molar-refractivity contribution in [3.8, 4) is 0 Å². The number of anilines is 1. The molecule has 5 heteroatoms. The van der Waals surface area contributed by atoms with Gasteiger partial charge in [0.1, 0.15) is 0 Å². The van der Waals surface area contributed by atoms with Crippen molar-refractivity contribution in [2.75, 3.05) is 39.2 Å². The number of hydrogen-bond acceptors (Lipinski definition) is 4. The zero-order valence-electron chi connectivity index (χ0n) is 13.1. The lowest BCUT2D eigenvalue weighted by Gasteiger charge is -2.12. The van der Waals surface area contributed by atoms with Gasteiger partial charge in [0, 0.05) is 31.7 Å². The van der Waals surface area contributed by atoms with Crippen molar-refractivity contribution in [3.05, 3.63) is 29.8 Å². The molecule has 2 N–H and O–H groups in total. The normalized spacial score (nSPS) is 12.4. The number of nitrogens with zero attached hydrogens (tertiary/aromatic N) is 1. The first-order valence-corrected chi connectivity index (χ1v) is 7.30. The quantitative estimate of drug-likeness (QED) is 0.725. The molecule has 0 heterocycles. The maximum Gasteiger partial charge on any atom is 0.225 e. The topological polar surface area (TPSA) is 61.8 Å². The van der Waals surface area contributed by atoms with Crippen LogP contribution in [0.15, 0.2) is 24.3 Å². The number of ether oxygens (including phenoxy) is 1. The van der Waals surface area contributed by atoms with E-state index in [0.717, 1.165) is 17.8 Å². The van der Waals surface area contributed by atoms with Gasteiger partial charge in [0.2, 0.25) is 5.91 Å². The number of aliphatic hydroxyl groups is 1. The molecule has 21 heavy (non-hydrogen) atoms. The fraction of sp³-hybridized carbons (Fsp3) is 0.562. The SMILES string of the molecule is CCOC[C@@H](O)Cc1ccc(NC(=O)CCN(C)C)cc1. The molecule has 0 fully saturated rings. The van der Waals surface area contributed by atoms with Crippen molar-refractivity contribution in [1.82, 2.24) is 4.90 Å². The van der Waals surface area contributed by atoms with Gasteiger partial charge in [-0.2, -0.15) is 0 Å². The molecule has 0 bridgehead atoms. The molecule has 0 aliphatic heterocycles.